The van der Waals surface area contributed by atoms with Crippen LogP contribution in [0.25, 0.3) is 0 Å². The maximum absolute atomic E-state index is 13.8. The lowest BCUT2D eigenvalue weighted by atomic mass is 10.0. The highest BCUT2D eigenvalue weighted by Gasteiger charge is 2.35. The van der Waals surface area contributed by atoms with Crippen molar-refractivity contribution in [1.29, 1.82) is 0 Å². The molecule has 9 nitrogen and oxygen atoms in total. The van der Waals surface area contributed by atoms with E-state index in [9.17, 15) is 26.4 Å². The number of carbonyl (C=O) groups excluding carboxylic acids is 1. The molecule has 0 spiro atoms. The summed E-state index contributed by atoms with van der Waals surface area (Å²) in [6.45, 7) is 3.15. The number of aromatic nitrogens is 2. The highest BCUT2D eigenvalue weighted by atomic mass is 32.2. The Balaban J connectivity index is 1.93. The summed E-state index contributed by atoms with van der Waals surface area (Å²) in [4.78, 5) is 19.3. The fourth-order valence-electron chi connectivity index (χ4n) is 3.71. The van der Waals surface area contributed by atoms with Crippen molar-refractivity contribution < 1.29 is 31.1 Å². The minimum atomic E-state index is -4.68. The van der Waals surface area contributed by atoms with Crippen molar-refractivity contribution in [2.45, 2.75) is 32.9 Å². The molecule has 0 saturated carbocycles. The standard InChI is InChI=1S/C25H28F3N5O4S/c1-15-6-7-17(22(12-15)33(3)38(5,35)36)8-10-20-19(25(26,27)28)14-29-24(32-20)31-18-9-11-21(30-16(2)34)23(13-18)37-4/h6-7,9,11-14H,8,10H2,1-5H3,(H,30,34)(H,29,31,32). The van der Waals surface area contributed by atoms with E-state index in [2.05, 4.69) is 20.6 Å². The lowest BCUT2D eigenvalue weighted by Crippen LogP contribution is -2.26. The summed E-state index contributed by atoms with van der Waals surface area (Å²) in [6.07, 6.45) is -2.93. The van der Waals surface area contributed by atoms with Crippen molar-refractivity contribution in [2.24, 2.45) is 0 Å². The van der Waals surface area contributed by atoms with E-state index < -0.39 is 21.8 Å². The van der Waals surface area contributed by atoms with Gasteiger partial charge < -0.3 is 15.4 Å². The predicted octanol–water partition coefficient (Wildman–Crippen LogP) is 4.70. The Kier molecular flexibility index (Phi) is 8.50. The summed E-state index contributed by atoms with van der Waals surface area (Å²) < 4.78 is 71.9. The van der Waals surface area contributed by atoms with Gasteiger partial charge in [0, 0.05) is 31.9 Å². The largest absolute Gasteiger partial charge is 0.494 e. The van der Waals surface area contributed by atoms with Gasteiger partial charge in [0.15, 0.2) is 0 Å². The van der Waals surface area contributed by atoms with E-state index >= 15 is 0 Å². The van der Waals surface area contributed by atoms with E-state index in [4.69, 9.17) is 4.74 Å². The molecule has 3 aromatic rings. The molecule has 38 heavy (non-hydrogen) atoms. The molecule has 1 amide bonds. The normalized spacial score (nSPS) is 11.7. The first-order valence-electron chi connectivity index (χ1n) is 11.4. The quantitative estimate of drug-likeness (QED) is 0.397. The van der Waals surface area contributed by atoms with Gasteiger partial charge in [-0.05, 0) is 49.1 Å². The Morgan fingerprint density at radius 3 is 2.45 bits per heavy atom. The minimum Gasteiger partial charge on any atom is -0.494 e. The number of sulfonamides is 1. The first-order chi connectivity index (χ1) is 17.7. The number of ether oxygens (including phenoxy) is 1. The lowest BCUT2D eigenvalue weighted by Gasteiger charge is -2.21. The molecule has 0 aliphatic rings. The smallest absolute Gasteiger partial charge is 0.419 e. The predicted molar refractivity (Wildman–Crippen MR) is 139 cm³/mol. The second kappa shape index (κ2) is 11.3. The number of methoxy groups -OCH3 is 1. The summed E-state index contributed by atoms with van der Waals surface area (Å²) in [5.41, 5.74) is 1.38. The number of anilines is 4. The Morgan fingerprint density at radius 1 is 1.13 bits per heavy atom. The number of nitrogens with one attached hydrogen (secondary N) is 2. The number of halogens is 3. The molecule has 0 aliphatic heterocycles. The van der Waals surface area contributed by atoms with Crippen LogP contribution >= 0.6 is 0 Å². The highest BCUT2D eigenvalue weighted by molar-refractivity contribution is 7.92. The molecule has 0 aliphatic carbocycles. The van der Waals surface area contributed by atoms with Gasteiger partial charge in [-0.15, -0.1) is 0 Å². The summed E-state index contributed by atoms with van der Waals surface area (Å²) >= 11 is 0. The van der Waals surface area contributed by atoms with Gasteiger partial charge in [0.1, 0.15) is 5.75 Å². The van der Waals surface area contributed by atoms with Crippen molar-refractivity contribution in [1.82, 2.24) is 9.97 Å². The molecule has 2 aromatic carbocycles. The van der Waals surface area contributed by atoms with Crippen LogP contribution in [0.15, 0.2) is 42.6 Å². The topological polar surface area (TPSA) is 114 Å². The highest BCUT2D eigenvalue weighted by Crippen LogP contribution is 2.34. The number of carbonyl (C=O) groups is 1. The molecule has 204 valence electrons. The van der Waals surface area contributed by atoms with Crippen molar-refractivity contribution in [3.63, 3.8) is 0 Å². The Hall–Kier alpha value is -3.87. The van der Waals surface area contributed by atoms with E-state index in [1.165, 1.54) is 21.1 Å². The van der Waals surface area contributed by atoms with Crippen LogP contribution in [-0.4, -0.2) is 44.7 Å². The molecule has 3 rings (SSSR count). The van der Waals surface area contributed by atoms with Gasteiger partial charge in [0.2, 0.25) is 21.9 Å². The van der Waals surface area contributed by atoms with Crippen molar-refractivity contribution >= 4 is 38.9 Å². The number of hydrogen-bond donors (Lipinski definition) is 2. The monoisotopic (exact) mass is 551 g/mol. The fourth-order valence-corrected chi connectivity index (χ4v) is 4.23. The molecule has 0 radical (unpaired) electrons. The molecule has 0 unspecified atom stereocenters. The van der Waals surface area contributed by atoms with E-state index in [1.807, 2.05) is 0 Å². The Labute approximate surface area is 219 Å². The third kappa shape index (κ3) is 7.12. The van der Waals surface area contributed by atoms with Crippen LogP contribution in [0.2, 0.25) is 0 Å². The Bertz CT molecular complexity index is 1450. The average molecular weight is 552 g/mol. The maximum atomic E-state index is 13.8. The van der Waals surface area contributed by atoms with E-state index in [-0.39, 0.29) is 30.4 Å². The van der Waals surface area contributed by atoms with Crippen LogP contribution in [0.1, 0.15) is 29.3 Å². The van der Waals surface area contributed by atoms with Gasteiger partial charge in [-0.3, -0.25) is 9.10 Å². The van der Waals surface area contributed by atoms with Crippen LogP contribution in [0.3, 0.4) is 0 Å². The van der Waals surface area contributed by atoms with Gasteiger partial charge in [-0.1, -0.05) is 12.1 Å². The Morgan fingerprint density at radius 2 is 1.84 bits per heavy atom. The lowest BCUT2D eigenvalue weighted by molar-refractivity contribution is -0.138. The maximum Gasteiger partial charge on any atom is 0.419 e. The third-order valence-electron chi connectivity index (χ3n) is 5.65. The van der Waals surface area contributed by atoms with Crippen LogP contribution in [-0.2, 0) is 33.8 Å². The van der Waals surface area contributed by atoms with Gasteiger partial charge >= 0.3 is 6.18 Å². The average Bonchev–Trinajstić information content (AvgIpc) is 2.82. The molecule has 0 saturated heterocycles. The number of benzene rings is 2. The zero-order valence-corrected chi connectivity index (χ0v) is 22.3. The molecular formula is C25H28F3N5O4S. The van der Waals surface area contributed by atoms with Crippen molar-refractivity contribution in [2.75, 3.05) is 35.4 Å². The fraction of sp³-hybridized carbons (Fsp3) is 0.320. The van der Waals surface area contributed by atoms with E-state index in [0.717, 1.165) is 16.1 Å². The van der Waals surface area contributed by atoms with Crippen molar-refractivity contribution in [3.8, 4) is 5.75 Å². The second-order valence-electron chi connectivity index (χ2n) is 8.64. The zero-order valence-electron chi connectivity index (χ0n) is 21.5. The summed E-state index contributed by atoms with van der Waals surface area (Å²) in [5.74, 6) is -0.0295. The van der Waals surface area contributed by atoms with Crippen LogP contribution in [0.5, 0.6) is 5.75 Å². The van der Waals surface area contributed by atoms with Gasteiger partial charge in [-0.2, -0.15) is 13.2 Å². The van der Waals surface area contributed by atoms with Crippen LogP contribution in [0.4, 0.5) is 36.2 Å². The van der Waals surface area contributed by atoms with Gasteiger partial charge in [-0.25, -0.2) is 18.4 Å². The number of nitrogens with zero attached hydrogens (tertiary/aromatic N) is 3. The molecule has 1 aromatic heterocycles. The van der Waals surface area contributed by atoms with E-state index in [1.54, 1.807) is 43.3 Å². The van der Waals surface area contributed by atoms with Crippen molar-refractivity contribution in [3.05, 3.63) is 65.0 Å². The first-order valence-corrected chi connectivity index (χ1v) is 13.2. The second-order valence-corrected chi connectivity index (χ2v) is 10.6. The minimum absolute atomic E-state index is 0.0697. The number of hydrogen-bond acceptors (Lipinski definition) is 7. The summed E-state index contributed by atoms with van der Waals surface area (Å²) in [7, 11) is -0.772. The number of aryl methyl sites for hydroxylation is 3. The molecule has 0 atom stereocenters. The van der Waals surface area contributed by atoms with E-state index in [0.29, 0.717) is 34.6 Å². The van der Waals surface area contributed by atoms with Crippen LogP contribution in [0, 0.1) is 6.92 Å². The molecular weight excluding hydrogens is 523 g/mol. The summed E-state index contributed by atoms with van der Waals surface area (Å²) in [6, 6.07) is 9.85. The molecule has 0 bridgehead atoms. The zero-order chi connectivity index (χ0) is 28.3. The molecule has 0 fully saturated rings. The van der Waals surface area contributed by atoms with Crippen LogP contribution < -0.4 is 19.7 Å². The number of amides is 1. The summed E-state index contributed by atoms with van der Waals surface area (Å²) in [5, 5.41) is 5.48. The molecule has 13 heteroatoms. The first kappa shape index (κ1) is 28.7. The number of alkyl halides is 3. The third-order valence-corrected chi connectivity index (χ3v) is 6.84. The SMILES string of the molecule is COc1cc(Nc2ncc(C(F)(F)F)c(CCc3ccc(C)cc3N(C)S(C)(=O)=O)n2)ccc1NC(C)=O. The van der Waals surface area contributed by atoms with Gasteiger partial charge in [0.05, 0.1) is 36.0 Å². The van der Waals surface area contributed by atoms with Gasteiger partial charge in [0.25, 0.3) is 0 Å². The molecule has 2 N–H and O–H groups in total. The molecule has 1 heterocycles. The number of rotatable bonds is 9.